The molecule has 0 unspecified atom stereocenters. The van der Waals surface area contributed by atoms with Gasteiger partial charge in [0, 0.05) is 38.6 Å². The monoisotopic (exact) mass is 651 g/mol. The van der Waals surface area contributed by atoms with Gasteiger partial charge in [0.15, 0.2) is 17.5 Å². The number of fused-ring (bicyclic) bond motifs is 6. The molecular formula is C47H29N3O. The number of benzene rings is 8. The maximum Gasteiger partial charge on any atom is 0.164 e. The van der Waals surface area contributed by atoms with Gasteiger partial charge in [-0.25, -0.2) is 15.0 Å². The molecule has 51 heavy (non-hydrogen) atoms. The molecule has 0 fully saturated rings. The van der Waals surface area contributed by atoms with E-state index in [1.807, 2.05) is 60.7 Å². The fourth-order valence-electron chi connectivity index (χ4n) is 7.27. The Morgan fingerprint density at radius 1 is 0.294 bits per heavy atom. The van der Waals surface area contributed by atoms with Crippen LogP contribution in [0.25, 0.3) is 99.9 Å². The maximum absolute atomic E-state index is 6.90. The minimum Gasteiger partial charge on any atom is -0.455 e. The molecule has 238 valence electrons. The number of furan rings is 1. The van der Waals surface area contributed by atoms with Crippen LogP contribution in [0, 0.1) is 0 Å². The first-order chi connectivity index (χ1) is 25.3. The highest BCUT2D eigenvalue weighted by atomic mass is 16.3. The molecule has 0 N–H and O–H groups in total. The minimum atomic E-state index is 0.628. The van der Waals surface area contributed by atoms with Gasteiger partial charge in [0.2, 0.25) is 0 Å². The molecule has 2 aromatic heterocycles. The largest absolute Gasteiger partial charge is 0.455 e. The summed E-state index contributed by atoms with van der Waals surface area (Å²) in [7, 11) is 0. The molecule has 0 aliphatic carbocycles. The molecule has 0 atom stereocenters. The van der Waals surface area contributed by atoms with Crippen molar-refractivity contribution in [2.75, 3.05) is 0 Å². The van der Waals surface area contributed by atoms with Crippen LogP contribution >= 0.6 is 0 Å². The first-order valence-electron chi connectivity index (χ1n) is 17.1. The fraction of sp³-hybridized carbons (Fsp3) is 0. The number of nitrogens with zero attached hydrogens (tertiary/aromatic N) is 3. The summed E-state index contributed by atoms with van der Waals surface area (Å²) in [5.74, 6) is 1.92. The van der Waals surface area contributed by atoms with Crippen molar-refractivity contribution in [2.24, 2.45) is 0 Å². The Balaban J connectivity index is 1.09. The van der Waals surface area contributed by atoms with Gasteiger partial charge in [-0.3, -0.25) is 0 Å². The van der Waals surface area contributed by atoms with Gasteiger partial charge in [-0.15, -0.1) is 0 Å². The lowest BCUT2D eigenvalue weighted by Gasteiger charge is -2.11. The van der Waals surface area contributed by atoms with Crippen LogP contribution in [0.5, 0.6) is 0 Å². The van der Waals surface area contributed by atoms with Crippen LogP contribution < -0.4 is 0 Å². The van der Waals surface area contributed by atoms with Gasteiger partial charge in [0.25, 0.3) is 0 Å². The first kappa shape index (κ1) is 29.0. The molecule has 2 heterocycles. The van der Waals surface area contributed by atoms with E-state index in [0.717, 1.165) is 55.3 Å². The highest BCUT2D eigenvalue weighted by Crippen LogP contribution is 2.43. The third kappa shape index (κ3) is 4.96. The molecule has 10 aromatic rings. The van der Waals surface area contributed by atoms with Crippen LogP contribution in [0.15, 0.2) is 180 Å². The predicted molar refractivity (Wildman–Crippen MR) is 209 cm³/mol. The van der Waals surface area contributed by atoms with E-state index in [-0.39, 0.29) is 0 Å². The third-order valence-corrected chi connectivity index (χ3v) is 9.74. The summed E-state index contributed by atoms with van der Waals surface area (Å²) < 4.78 is 6.90. The highest BCUT2D eigenvalue weighted by Gasteiger charge is 2.18. The van der Waals surface area contributed by atoms with Crippen LogP contribution in [0.1, 0.15) is 0 Å². The van der Waals surface area contributed by atoms with E-state index >= 15 is 0 Å². The molecule has 0 aliphatic heterocycles. The Labute approximate surface area is 294 Å². The van der Waals surface area contributed by atoms with Crippen molar-refractivity contribution in [3.05, 3.63) is 176 Å². The zero-order chi connectivity index (χ0) is 33.7. The highest BCUT2D eigenvalue weighted by molar-refractivity contribution is 6.18. The molecule has 10 rings (SSSR count). The summed E-state index contributed by atoms with van der Waals surface area (Å²) in [6.07, 6.45) is 0. The zero-order valence-electron chi connectivity index (χ0n) is 27.5. The summed E-state index contributed by atoms with van der Waals surface area (Å²) in [5, 5.41) is 7.11. The van der Waals surface area contributed by atoms with E-state index in [9.17, 15) is 0 Å². The molecule has 0 amide bonds. The van der Waals surface area contributed by atoms with Crippen LogP contribution in [0.2, 0.25) is 0 Å². The van der Waals surface area contributed by atoms with Crippen LogP contribution in [-0.4, -0.2) is 15.0 Å². The van der Waals surface area contributed by atoms with Gasteiger partial charge in [-0.05, 0) is 38.7 Å². The van der Waals surface area contributed by atoms with Crippen molar-refractivity contribution in [1.82, 2.24) is 15.0 Å². The predicted octanol–water partition coefficient (Wildman–Crippen LogP) is 12.4. The maximum atomic E-state index is 6.90. The van der Waals surface area contributed by atoms with E-state index in [1.54, 1.807) is 0 Å². The molecule has 4 heteroatoms. The van der Waals surface area contributed by atoms with Crippen molar-refractivity contribution in [3.8, 4) is 56.4 Å². The molecule has 0 saturated heterocycles. The number of hydrogen-bond acceptors (Lipinski definition) is 4. The second-order valence-corrected chi connectivity index (χ2v) is 12.8. The average molecular weight is 652 g/mol. The van der Waals surface area contributed by atoms with Crippen molar-refractivity contribution < 1.29 is 4.42 Å². The summed E-state index contributed by atoms with van der Waals surface area (Å²) in [4.78, 5) is 14.7. The average Bonchev–Trinajstić information content (AvgIpc) is 3.60. The lowest BCUT2D eigenvalue weighted by Crippen LogP contribution is -2.00. The number of para-hydroxylation sites is 2. The molecule has 0 bridgehead atoms. The fourth-order valence-corrected chi connectivity index (χ4v) is 7.27. The molecule has 4 nitrogen and oxygen atoms in total. The Bertz CT molecular complexity index is 2840. The Kier molecular flexibility index (Phi) is 6.78. The van der Waals surface area contributed by atoms with E-state index in [2.05, 4.69) is 115 Å². The quantitative estimate of drug-likeness (QED) is 0.174. The van der Waals surface area contributed by atoms with Gasteiger partial charge < -0.3 is 4.42 Å². The number of rotatable bonds is 5. The standard InChI is InChI=1S/C47H29N3O/c1-3-13-31(14-4-1)45-48-46(32-15-5-2-6-16-32)50-47(49-45)33-27-25-30(26-28-33)36-21-11-22-39-40-23-12-24-41(44(40)51-43(36)39)42-29-34-17-7-8-18-35(34)37-19-9-10-20-38(37)42/h1-29H. The van der Waals surface area contributed by atoms with Gasteiger partial charge in [0.1, 0.15) is 11.2 Å². The molecule has 0 saturated carbocycles. The topological polar surface area (TPSA) is 51.8 Å². The van der Waals surface area contributed by atoms with E-state index in [4.69, 9.17) is 19.4 Å². The van der Waals surface area contributed by atoms with Crippen LogP contribution in [-0.2, 0) is 0 Å². The number of hydrogen-bond donors (Lipinski definition) is 0. The molecule has 8 aromatic carbocycles. The molecule has 0 radical (unpaired) electrons. The summed E-state index contributed by atoms with van der Waals surface area (Å²) >= 11 is 0. The summed E-state index contributed by atoms with van der Waals surface area (Å²) in [6, 6.07) is 61.0. The van der Waals surface area contributed by atoms with Crippen molar-refractivity contribution in [3.63, 3.8) is 0 Å². The Hall–Kier alpha value is -6.91. The first-order valence-corrected chi connectivity index (χ1v) is 17.1. The van der Waals surface area contributed by atoms with E-state index < -0.39 is 0 Å². The van der Waals surface area contributed by atoms with Crippen molar-refractivity contribution in [1.29, 1.82) is 0 Å². The summed E-state index contributed by atoms with van der Waals surface area (Å²) in [6.45, 7) is 0. The normalized spacial score (nSPS) is 11.5. The SMILES string of the molecule is c1ccc(-c2nc(-c3ccccc3)nc(-c3ccc(-c4cccc5c4oc4c(-c6cc7ccccc7c7ccccc67)cccc45)cc3)n2)cc1. The van der Waals surface area contributed by atoms with Gasteiger partial charge in [0.05, 0.1) is 0 Å². The second kappa shape index (κ2) is 11.9. The lowest BCUT2D eigenvalue weighted by molar-refractivity contribution is 0.671. The van der Waals surface area contributed by atoms with E-state index in [0.29, 0.717) is 17.5 Å². The smallest absolute Gasteiger partial charge is 0.164 e. The zero-order valence-corrected chi connectivity index (χ0v) is 27.5. The molecule has 0 spiro atoms. The summed E-state index contributed by atoms with van der Waals surface area (Å²) in [5.41, 5.74) is 8.92. The lowest BCUT2D eigenvalue weighted by atomic mass is 9.92. The van der Waals surface area contributed by atoms with Crippen LogP contribution in [0.4, 0.5) is 0 Å². The third-order valence-electron chi connectivity index (χ3n) is 9.74. The van der Waals surface area contributed by atoms with Gasteiger partial charge in [-0.2, -0.15) is 0 Å². The van der Waals surface area contributed by atoms with Gasteiger partial charge in [-0.1, -0.05) is 170 Å². The second-order valence-electron chi connectivity index (χ2n) is 12.8. The van der Waals surface area contributed by atoms with Crippen molar-refractivity contribution in [2.45, 2.75) is 0 Å². The minimum absolute atomic E-state index is 0.628. The Morgan fingerprint density at radius 3 is 1.37 bits per heavy atom. The Morgan fingerprint density at radius 2 is 0.745 bits per heavy atom. The van der Waals surface area contributed by atoms with Gasteiger partial charge >= 0.3 is 0 Å². The van der Waals surface area contributed by atoms with E-state index in [1.165, 1.54) is 27.1 Å². The van der Waals surface area contributed by atoms with Crippen LogP contribution in [0.3, 0.4) is 0 Å². The molecular weight excluding hydrogens is 623 g/mol. The molecule has 0 aliphatic rings. The van der Waals surface area contributed by atoms with Crippen molar-refractivity contribution >= 4 is 43.5 Å². The number of aromatic nitrogens is 3.